The van der Waals surface area contributed by atoms with E-state index in [2.05, 4.69) is 15.0 Å². The summed E-state index contributed by atoms with van der Waals surface area (Å²) in [7, 11) is 0. The number of rotatable bonds is 5. The van der Waals surface area contributed by atoms with Crippen LogP contribution in [0.4, 0.5) is 14.6 Å². The fourth-order valence-corrected chi connectivity index (χ4v) is 4.28. The van der Waals surface area contributed by atoms with Crippen LogP contribution in [0.3, 0.4) is 0 Å². The maximum atomic E-state index is 14.0. The van der Waals surface area contributed by atoms with Crippen LogP contribution < -0.4 is 4.90 Å². The van der Waals surface area contributed by atoms with Crippen molar-refractivity contribution >= 4 is 22.9 Å². The van der Waals surface area contributed by atoms with Gasteiger partial charge in [0.25, 0.3) is 0 Å². The Bertz CT molecular complexity index is 1230. The van der Waals surface area contributed by atoms with Crippen LogP contribution in [0.1, 0.15) is 11.8 Å². The molecule has 0 aliphatic carbocycles. The smallest absolute Gasteiger partial charge is 0.242 e. The van der Waals surface area contributed by atoms with Crippen LogP contribution >= 0.6 is 0 Å². The molecular formula is C21H22F2N6O5. The van der Waals surface area contributed by atoms with Gasteiger partial charge in [0.05, 0.1) is 19.5 Å². The minimum atomic E-state index is -1.30. The predicted molar refractivity (Wildman–Crippen MR) is 112 cm³/mol. The molecule has 0 radical (unpaired) electrons. The summed E-state index contributed by atoms with van der Waals surface area (Å²) >= 11 is 0. The van der Waals surface area contributed by atoms with Gasteiger partial charge in [0.15, 0.2) is 23.2 Å². The number of aliphatic hydroxyl groups is 3. The van der Waals surface area contributed by atoms with Gasteiger partial charge in [-0.25, -0.2) is 23.7 Å². The molecule has 3 N–H and O–H groups in total. The summed E-state index contributed by atoms with van der Waals surface area (Å²) in [6.07, 6.45) is -1.85. The maximum Gasteiger partial charge on any atom is 0.242 e. The third kappa shape index (κ3) is 3.86. The molecule has 2 aromatic heterocycles. The van der Waals surface area contributed by atoms with Gasteiger partial charge in [-0.05, 0) is 6.07 Å². The number of halogens is 2. The summed E-state index contributed by atoms with van der Waals surface area (Å²) in [5, 5.41) is 29.7. The molecular weight excluding hydrogens is 454 g/mol. The maximum absolute atomic E-state index is 14.0. The number of piperazine rings is 1. The van der Waals surface area contributed by atoms with Crippen molar-refractivity contribution in [3.63, 3.8) is 0 Å². The van der Waals surface area contributed by atoms with E-state index < -0.39 is 42.8 Å². The standard InChI is InChI=1S/C21H22F2N6O5/c22-12-2-1-11(13(23)5-12)6-27-3-4-28(7-15(27)31)19-16-20(25-9-24-19)29(10-26-16)21-18(33)17(32)14(8-30)34-21/h1-2,5,9-10,14,17-18,21,30,32-33H,3-4,6-8H2/t14-,17-,18-,21-/m1/s1. The number of fused-ring (bicyclic) bond motifs is 1. The Morgan fingerprint density at radius 3 is 2.65 bits per heavy atom. The molecule has 0 bridgehead atoms. The SMILES string of the molecule is O=C1CN(c2ncnc3c2ncn3[C@@H]2O[C@H](CO)[C@@H](O)[C@H]2O)CCN1Cc1ccc(F)cc1F. The Labute approximate surface area is 191 Å². The second-order valence-corrected chi connectivity index (χ2v) is 8.22. The number of amides is 1. The highest BCUT2D eigenvalue weighted by Crippen LogP contribution is 2.33. The Kier molecular flexibility index (Phi) is 5.85. The highest BCUT2D eigenvalue weighted by Gasteiger charge is 2.44. The zero-order chi connectivity index (χ0) is 24.0. The largest absolute Gasteiger partial charge is 0.394 e. The summed E-state index contributed by atoms with van der Waals surface area (Å²) in [6, 6.07) is 3.26. The topological polar surface area (TPSA) is 137 Å². The highest BCUT2D eigenvalue weighted by atomic mass is 19.1. The van der Waals surface area contributed by atoms with Gasteiger partial charge < -0.3 is 29.9 Å². The van der Waals surface area contributed by atoms with Crippen LogP contribution in [0.15, 0.2) is 30.9 Å². The molecule has 2 aliphatic heterocycles. The molecule has 180 valence electrons. The van der Waals surface area contributed by atoms with Gasteiger partial charge >= 0.3 is 0 Å². The van der Waals surface area contributed by atoms with Gasteiger partial charge in [0.1, 0.15) is 36.3 Å². The lowest BCUT2D eigenvalue weighted by Gasteiger charge is -2.35. The first kappa shape index (κ1) is 22.5. The van der Waals surface area contributed by atoms with Crippen LogP contribution in [-0.4, -0.2) is 90.2 Å². The average Bonchev–Trinajstić information content (AvgIpc) is 3.37. The van der Waals surface area contributed by atoms with Crippen molar-refractivity contribution in [3.05, 3.63) is 48.1 Å². The van der Waals surface area contributed by atoms with E-state index in [0.717, 1.165) is 12.1 Å². The Balaban J connectivity index is 1.35. The molecule has 0 spiro atoms. The Morgan fingerprint density at radius 2 is 1.94 bits per heavy atom. The Morgan fingerprint density at radius 1 is 1.12 bits per heavy atom. The number of ether oxygens (including phenoxy) is 1. The van der Waals surface area contributed by atoms with Crippen LogP contribution in [0, 0.1) is 11.6 Å². The molecule has 0 saturated carbocycles. The lowest BCUT2D eigenvalue weighted by Crippen LogP contribution is -2.50. The van der Waals surface area contributed by atoms with E-state index in [1.807, 2.05) is 0 Å². The molecule has 4 heterocycles. The molecule has 2 saturated heterocycles. The van der Waals surface area contributed by atoms with Crippen molar-refractivity contribution in [2.75, 3.05) is 31.1 Å². The average molecular weight is 476 g/mol. The molecule has 34 heavy (non-hydrogen) atoms. The molecule has 2 aliphatic rings. The minimum Gasteiger partial charge on any atom is -0.394 e. The first-order valence-electron chi connectivity index (χ1n) is 10.6. The van der Waals surface area contributed by atoms with Crippen molar-refractivity contribution < 1.29 is 33.6 Å². The second-order valence-electron chi connectivity index (χ2n) is 8.22. The summed E-state index contributed by atoms with van der Waals surface area (Å²) in [5.41, 5.74) is 0.916. The number of hydrogen-bond donors (Lipinski definition) is 3. The fraction of sp³-hybridized carbons (Fsp3) is 0.429. The predicted octanol–water partition coefficient (Wildman–Crippen LogP) is -0.435. The quantitative estimate of drug-likeness (QED) is 0.448. The molecule has 4 atom stereocenters. The number of anilines is 1. The third-order valence-electron chi connectivity index (χ3n) is 6.13. The number of nitrogens with zero attached hydrogens (tertiary/aromatic N) is 6. The van der Waals surface area contributed by atoms with Crippen molar-refractivity contribution in [1.82, 2.24) is 24.4 Å². The zero-order valence-corrected chi connectivity index (χ0v) is 17.8. The summed E-state index contributed by atoms with van der Waals surface area (Å²) < 4.78 is 34.2. The zero-order valence-electron chi connectivity index (χ0n) is 17.8. The molecule has 13 heteroatoms. The first-order valence-corrected chi connectivity index (χ1v) is 10.6. The number of carbonyl (C=O) groups excluding carboxylic acids is 1. The Hall–Kier alpha value is -3.26. The highest BCUT2D eigenvalue weighted by molar-refractivity contribution is 5.88. The lowest BCUT2D eigenvalue weighted by atomic mass is 10.1. The van der Waals surface area contributed by atoms with Gasteiger partial charge in [-0.1, -0.05) is 6.07 Å². The van der Waals surface area contributed by atoms with Crippen LogP contribution in [0.5, 0.6) is 0 Å². The number of imidazole rings is 1. The van der Waals surface area contributed by atoms with Gasteiger partial charge in [-0.3, -0.25) is 9.36 Å². The summed E-state index contributed by atoms with van der Waals surface area (Å²) in [4.78, 5) is 28.8. The molecule has 2 fully saturated rings. The van der Waals surface area contributed by atoms with E-state index in [1.165, 1.54) is 28.2 Å². The normalized spacial score (nSPS) is 25.5. The summed E-state index contributed by atoms with van der Waals surface area (Å²) in [5.74, 6) is -1.24. The van der Waals surface area contributed by atoms with Crippen LogP contribution in [0.25, 0.3) is 11.2 Å². The number of carbonyl (C=O) groups is 1. The van der Waals surface area contributed by atoms with Gasteiger partial charge in [-0.2, -0.15) is 0 Å². The molecule has 0 unspecified atom stereocenters. The van der Waals surface area contributed by atoms with E-state index >= 15 is 0 Å². The molecule has 1 amide bonds. The van der Waals surface area contributed by atoms with E-state index in [1.54, 1.807) is 4.90 Å². The van der Waals surface area contributed by atoms with Gasteiger partial charge in [0.2, 0.25) is 5.91 Å². The lowest BCUT2D eigenvalue weighted by molar-refractivity contribution is -0.131. The first-order chi connectivity index (χ1) is 16.4. The van der Waals surface area contributed by atoms with Crippen molar-refractivity contribution in [2.24, 2.45) is 0 Å². The monoisotopic (exact) mass is 476 g/mol. The number of aliphatic hydroxyl groups excluding tert-OH is 3. The fourth-order valence-electron chi connectivity index (χ4n) is 4.28. The third-order valence-corrected chi connectivity index (χ3v) is 6.13. The van der Waals surface area contributed by atoms with E-state index in [0.29, 0.717) is 23.5 Å². The molecule has 5 rings (SSSR count). The van der Waals surface area contributed by atoms with Crippen LogP contribution in [-0.2, 0) is 16.1 Å². The molecule has 11 nitrogen and oxygen atoms in total. The van der Waals surface area contributed by atoms with Crippen molar-refractivity contribution in [2.45, 2.75) is 31.1 Å². The van der Waals surface area contributed by atoms with E-state index in [9.17, 15) is 28.9 Å². The van der Waals surface area contributed by atoms with Gasteiger partial charge in [-0.15, -0.1) is 0 Å². The van der Waals surface area contributed by atoms with E-state index in [4.69, 9.17) is 4.74 Å². The number of hydrogen-bond acceptors (Lipinski definition) is 9. The number of benzene rings is 1. The minimum absolute atomic E-state index is 0.0257. The van der Waals surface area contributed by atoms with E-state index in [-0.39, 0.29) is 31.1 Å². The van der Waals surface area contributed by atoms with Crippen molar-refractivity contribution in [3.8, 4) is 0 Å². The second kappa shape index (κ2) is 8.83. The molecule has 3 aromatic rings. The number of aromatic nitrogens is 4. The van der Waals surface area contributed by atoms with Crippen molar-refractivity contribution in [1.29, 1.82) is 0 Å². The van der Waals surface area contributed by atoms with Crippen LogP contribution in [0.2, 0.25) is 0 Å². The summed E-state index contributed by atoms with van der Waals surface area (Å²) in [6.45, 7) is 0.210. The van der Waals surface area contributed by atoms with Gasteiger partial charge in [0, 0.05) is 31.3 Å². The molecule has 1 aromatic carbocycles.